The van der Waals surface area contributed by atoms with Gasteiger partial charge in [-0.1, -0.05) is 11.6 Å². The molecule has 0 aliphatic heterocycles. The highest BCUT2D eigenvalue weighted by Crippen LogP contribution is 2.12. The maximum atomic E-state index is 5.87. The van der Waals surface area contributed by atoms with Crippen molar-refractivity contribution in [3.8, 4) is 0 Å². The molecule has 0 fully saturated rings. The van der Waals surface area contributed by atoms with Crippen LogP contribution in [0.4, 0.5) is 0 Å². The van der Waals surface area contributed by atoms with E-state index in [1.54, 1.807) is 12.4 Å². The molecular formula is C8H12ClN3. The van der Waals surface area contributed by atoms with Crippen molar-refractivity contribution in [3.63, 3.8) is 0 Å². The third kappa shape index (κ3) is 2.77. The van der Waals surface area contributed by atoms with Crippen LogP contribution in [0, 0.1) is 0 Å². The Hall–Kier alpha value is -0.640. The van der Waals surface area contributed by atoms with Gasteiger partial charge >= 0.3 is 0 Å². The molecule has 1 rings (SSSR count). The van der Waals surface area contributed by atoms with Gasteiger partial charge in [0.25, 0.3) is 0 Å². The van der Waals surface area contributed by atoms with Gasteiger partial charge in [0, 0.05) is 32.0 Å². The predicted octanol–water partition coefficient (Wildman–Crippen LogP) is 0.783. The molecule has 0 bridgehead atoms. The van der Waals surface area contributed by atoms with E-state index in [0.717, 1.165) is 18.7 Å². The summed E-state index contributed by atoms with van der Waals surface area (Å²) in [6.07, 6.45) is 3.37. The van der Waals surface area contributed by atoms with Crippen LogP contribution in [0.25, 0.3) is 0 Å². The Morgan fingerprint density at radius 1 is 1.58 bits per heavy atom. The quantitative estimate of drug-likeness (QED) is 0.682. The van der Waals surface area contributed by atoms with Crippen molar-refractivity contribution < 1.29 is 0 Å². The lowest BCUT2D eigenvalue weighted by Crippen LogP contribution is -2.21. The van der Waals surface area contributed by atoms with E-state index < -0.39 is 0 Å². The van der Waals surface area contributed by atoms with Gasteiger partial charge in [-0.25, -0.2) is 0 Å². The van der Waals surface area contributed by atoms with Crippen LogP contribution >= 0.6 is 11.6 Å². The molecular weight excluding hydrogens is 174 g/mol. The Morgan fingerprint density at radius 2 is 2.42 bits per heavy atom. The number of halogens is 1. The number of aromatic nitrogens is 1. The summed E-state index contributed by atoms with van der Waals surface area (Å²) in [4.78, 5) is 3.89. The maximum Gasteiger partial charge on any atom is 0.0634 e. The SMILES string of the molecule is NCCNCc1ccncc1Cl. The molecule has 1 aromatic rings. The molecule has 0 aliphatic carbocycles. The van der Waals surface area contributed by atoms with Crippen molar-refractivity contribution in [3.05, 3.63) is 29.0 Å². The van der Waals surface area contributed by atoms with E-state index in [1.807, 2.05) is 6.07 Å². The summed E-state index contributed by atoms with van der Waals surface area (Å²) in [5.41, 5.74) is 6.38. The second-order valence-electron chi connectivity index (χ2n) is 2.43. The van der Waals surface area contributed by atoms with Crippen molar-refractivity contribution in [2.45, 2.75) is 6.54 Å². The van der Waals surface area contributed by atoms with Crippen molar-refractivity contribution in [2.75, 3.05) is 13.1 Å². The first-order chi connectivity index (χ1) is 5.84. The number of pyridine rings is 1. The molecule has 0 aliphatic rings. The van der Waals surface area contributed by atoms with Crippen LogP contribution in [0.3, 0.4) is 0 Å². The highest BCUT2D eigenvalue weighted by atomic mass is 35.5. The van der Waals surface area contributed by atoms with Gasteiger partial charge in [0.2, 0.25) is 0 Å². The smallest absolute Gasteiger partial charge is 0.0634 e. The molecule has 3 N–H and O–H groups in total. The third-order valence-corrected chi connectivity index (χ3v) is 1.83. The number of nitrogens with two attached hydrogens (primary N) is 1. The van der Waals surface area contributed by atoms with Crippen LogP contribution in [0.2, 0.25) is 5.02 Å². The predicted molar refractivity (Wildman–Crippen MR) is 50.0 cm³/mol. The Morgan fingerprint density at radius 3 is 3.08 bits per heavy atom. The van der Waals surface area contributed by atoms with Crippen LogP contribution in [0.1, 0.15) is 5.56 Å². The second kappa shape index (κ2) is 5.09. The summed E-state index contributed by atoms with van der Waals surface area (Å²) in [5.74, 6) is 0. The van der Waals surface area contributed by atoms with E-state index >= 15 is 0 Å². The molecule has 0 amide bonds. The molecule has 0 aromatic carbocycles. The molecule has 0 saturated carbocycles. The Balaban J connectivity index is 2.46. The minimum absolute atomic E-state index is 0.642. The van der Waals surface area contributed by atoms with Crippen molar-refractivity contribution in [2.24, 2.45) is 5.73 Å². The van der Waals surface area contributed by atoms with Crippen molar-refractivity contribution in [1.82, 2.24) is 10.3 Å². The monoisotopic (exact) mass is 185 g/mol. The lowest BCUT2D eigenvalue weighted by molar-refractivity contribution is 0.694. The summed E-state index contributed by atoms with van der Waals surface area (Å²) >= 11 is 5.87. The van der Waals surface area contributed by atoms with Crippen LogP contribution < -0.4 is 11.1 Å². The van der Waals surface area contributed by atoms with Gasteiger partial charge in [-0.15, -0.1) is 0 Å². The molecule has 0 unspecified atom stereocenters. The first-order valence-corrected chi connectivity index (χ1v) is 4.21. The molecule has 0 spiro atoms. The third-order valence-electron chi connectivity index (χ3n) is 1.49. The van der Waals surface area contributed by atoms with E-state index in [1.165, 1.54) is 0 Å². The fourth-order valence-electron chi connectivity index (χ4n) is 0.872. The number of hydrogen-bond donors (Lipinski definition) is 2. The summed E-state index contributed by atoms with van der Waals surface area (Å²) < 4.78 is 0. The largest absolute Gasteiger partial charge is 0.329 e. The number of nitrogens with one attached hydrogen (secondary N) is 1. The normalized spacial score (nSPS) is 10.2. The standard InChI is InChI=1S/C8H12ClN3/c9-8-6-11-3-1-7(8)5-12-4-2-10/h1,3,6,12H,2,4-5,10H2. The lowest BCUT2D eigenvalue weighted by atomic mass is 10.3. The summed E-state index contributed by atoms with van der Waals surface area (Å²) in [5, 5.41) is 3.85. The van der Waals surface area contributed by atoms with E-state index in [-0.39, 0.29) is 0 Å². The topological polar surface area (TPSA) is 50.9 Å². The fourth-order valence-corrected chi connectivity index (χ4v) is 1.06. The first kappa shape index (κ1) is 9.45. The van der Waals surface area contributed by atoms with Crippen LogP contribution in [0.15, 0.2) is 18.5 Å². The van der Waals surface area contributed by atoms with E-state index in [0.29, 0.717) is 11.6 Å². The fraction of sp³-hybridized carbons (Fsp3) is 0.375. The van der Waals surface area contributed by atoms with Gasteiger partial charge in [-0.05, 0) is 11.6 Å². The van der Waals surface area contributed by atoms with Crippen LogP contribution in [-0.4, -0.2) is 18.1 Å². The van der Waals surface area contributed by atoms with Crippen LogP contribution in [0.5, 0.6) is 0 Å². The van der Waals surface area contributed by atoms with E-state index in [2.05, 4.69) is 10.3 Å². The zero-order valence-corrected chi connectivity index (χ0v) is 7.51. The number of hydrogen-bond acceptors (Lipinski definition) is 3. The van der Waals surface area contributed by atoms with Gasteiger partial charge in [-0.3, -0.25) is 4.98 Å². The zero-order chi connectivity index (χ0) is 8.81. The highest BCUT2D eigenvalue weighted by molar-refractivity contribution is 6.31. The molecule has 3 nitrogen and oxygen atoms in total. The molecule has 1 aromatic heterocycles. The summed E-state index contributed by atoms with van der Waals surface area (Å²) in [6, 6.07) is 1.89. The second-order valence-corrected chi connectivity index (χ2v) is 2.84. The minimum atomic E-state index is 0.642. The number of rotatable bonds is 4. The molecule has 4 heteroatoms. The Bertz CT molecular complexity index is 239. The highest BCUT2D eigenvalue weighted by Gasteiger charge is 1.96. The van der Waals surface area contributed by atoms with Gasteiger partial charge in [0.15, 0.2) is 0 Å². The van der Waals surface area contributed by atoms with E-state index in [9.17, 15) is 0 Å². The molecule has 0 radical (unpaired) electrons. The average Bonchev–Trinajstić information content (AvgIpc) is 2.09. The van der Waals surface area contributed by atoms with Gasteiger partial charge in [0.1, 0.15) is 0 Å². The molecule has 12 heavy (non-hydrogen) atoms. The zero-order valence-electron chi connectivity index (χ0n) is 6.76. The Kier molecular flexibility index (Phi) is 4.00. The molecule has 0 saturated heterocycles. The van der Waals surface area contributed by atoms with Crippen LogP contribution in [-0.2, 0) is 6.54 Å². The maximum absolute atomic E-state index is 5.87. The molecule has 66 valence electrons. The van der Waals surface area contributed by atoms with Gasteiger partial charge < -0.3 is 11.1 Å². The van der Waals surface area contributed by atoms with Gasteiger partial charge in [0.05, 0.1) is 5.02 Å². The van der Waals surface area contributed by atoms with Crippen molar-refractivity contribution >= 4 is 11.6 Å². The van der Waals surface area contributed by atoms with E-state index in [4.69, 9.17) is 17.3 Å². The lowest BCUT2D eigenvalue weighted by Gasteiger charge is -2.03. The molecule has 1 heterocycles. The molecule has 0 atom stereocenters. The summed E-state index contributed by atoms with van der Waals surface area (Å²) in [7, 11) is 0. The van der Waals surface area contributed by atoms with Gasteiger partial charge in [-0.2, -0.15) is 0 Å². The minimum Gasteiger partial charge on any atom is -0.329 e. The summed E-state index contributed by atoms with van der Waals surface area (Å²) in [6.45, 7) is 2.19. The first-order valence-electron chi connectivity index (χ1n) is 3.83. The average molecular weight is 186 g/mol. The van der Waals surface area contributed by atoms with Crippen molar-refractivity contribution in [1.29, 1.82) is 0 Å². The Labute approximate surface area is 76.9 Å². The number of nitrogens with zero attached hydrogens (tertiary/aromatic N) is 1.